The van der Waals surface area contributed by atoms with Crippen LogP contribution < -0.4 is 4.90 Å². The Balaban J connectivity index is 2.22. The maximum absolute atomic E-state index is 11.1. The highest BCUT2D eigenvalue weighted by Crippen LogP contribution is 2.38. The van der Waals surface area contributed by atoms with Crippen molar-refractivity contribution < 1.29 is 9.90 Å². The monoisotopic (exact) mass is 247 g/mol. The molecule has 1 aromatic carbocycles. The van der Waals surface area contributed by atoms with E-state index in [4.69, 9.17) is 5.11 Å². The first-order valence-corrected chi connectivity index (χ1v) is 6.67. The smallest absolute Gasteiger partial charge is 0.323 e. The molecule has 1 atom stereocenters. The molecule has 1 saturated carbocycles. The summed E-state index contributed by atoms with van der Waals surface area (Å²) in [5.74, 6) is -0.0784. The molecular weight excluding hydrogens is 226 g/mol. The number of benzene rings is 1. The van der Waals surface area contributed by atoms with E-state index in [0.29, 0.717) is 12.0 Å². The van der Waals surface area contributed by atoms with Crippen molar-refractivity contribution in [2.24, 2.45) is 5.92 Å². The summed E-state index contributed by atoms with van der Waals surface area (Å²) in [6.07, 6.45) is 3.48. The van der Waals surface area contributed by atoms with Crippen LogP contribution in [0.3, 0.4) is 0 Å². The lowest BCUT2D eigenvalue weighted by molar-refractivity contribution is -0.135. The minimum atomic E-state index is -0.755. The van der Waals surface area contributed by atoms with Crippen LogP contribution in [0.5, 0.6) is 0 Å². The molecule has 2 rings (SSSR count). The molecule has 1 fully saturated rings. The van der Waals surface area contributed by atoms with E-state index in [-0.39, 0.29) is 6.54 Å². The first kappa shape index (κ1) is 12.9. The summed E-state index contributed by atoms with van der Waals surface area (Å²) in [5.41, 5.74) is 2.23. The molecule has 3 nitrogen and oxygen atoms in total. The molecule has 0 aromatic heterocycles. The number of nitrogens with zero attached hydrogens (tertiary/aromatic N) is 1. The highest BCUT2D eigenvalue weighted by atomic mass is 16.4. The van der Waals surface area contributed by atoms with Crippen molar-refractivity contribution in [3.8, 4) is 0 Å². The van der Waals surface area contributed by atoms with Crippen molar-refractivity contribution >= 4 is 11.7 Å². The van der Waals surface area contributed by atoms with E-state index in [9.17, 15) is 4.79 Å². The zero-order chi connectivity index (χ0) is 13.1. The van der Waals surface area contributed by atoms with Crippen LogP contribution in [0, 0.1) is 12.8 Å². The second-order valence-corrected chi connectivity index (χ2v) is 5.17. The normalized spacial score (nSPS) is 16.3. The molecule has 0 saturated heterocycles. The zero-order valence-corrected chi connectivity index (χ0v) is 11.1. The van der Waals surface area contributed by atoms with Gasteiger partial charge in [0.1, 0.15) is 6.54 Å². The Hall–Kier alpha value is -1.51. The van der Waals surface area contributed by atoms with Gasteiger partial charge in [0.25, 0.3) is 0 Å². The van der Waals surface area contributed by atoms with Crippen molar-refractivity contribution in [1.82, 2.24) is 0 Å². The summed E-state index contributed by atoms with van der Waals surface area (Å²) in [5, 5.41) is 9.10. The fraction of sp³-hybridized carbons (Fsp3) is 0.533. The minimum absolute atomic E-state index is 0.0953. The number of carboxylic acid groups (broad SMARTS) is 1. The van der Waals surface area contributed by atoms with Crippen LogP contribution in [0.15, 0.2) is 24.3 Å². The molecule has 1 N–H and O–H groups in total. The fourth-order valence-corrected chi connectivity index (χ4v) is 2.57. The Kier molecular flexibility index (Phi) is 3.90. The third kappa shape index (κ3) is 3.03. The van der Waals surface area contributed by atoms with Gasteiger partial charge in [0.15, 0.2) is 0 Å². The van der Waals surface area contributed by atoms with Gasteiger partial charge in [-0.05, 0) is 44.2 Å². The van der Waals surface area contributed by atoms with E-state index in [1.54, 1.807) is 0 Å². The molecule has 0 aliphatic heterocycles. The van der Waals surface area contributed by atoms with Gasteiger partial charge >= 0.3 is 5.97 Å². The molecule has 1 aromatic rings. The average Bonchev–Trinajstić information content (AvgIpc) is 3.14. The maximum atomic E-state index is 11.1. The molecule has 0 heterocycles. The number of aryl methyl sites for hydroxylation is 1. The van der Waals surface area contributed by atoms with Gasteiger partial charge in [0, 0.05) is 11.7 Å². The molecule has 0 spiro atoms. The van der Waals surface area contributed by atoms with Crippen LogP contribution in [0.2, 0.25) is 0 Å². The second-order valence-electron chi connectivity index (χ2n) is 5.17. The van der Waals surface area contributed by atoms with Crippen LogP contribution in [-0.4, -0.2) is 23.7 Å². The van der Waals surface area contributed by atoms with E-state index < -0.39 is 5.97 Å². The third-order valence-electron chi connectivity index (χ3n) is 3.66. The fourth-order valence-electron chi connectivity index (χ4n) is 2.57. The SMILES string of the molecule is CCC(C1CC1)N(CC(=O)O)c1ccc(C)cc1. The van der Waals surface area contributed by atoms with E-state index in [1.807, 2.05) is 31.2 Å². The lowest BCUT2D eigenvalue weighted by atomic mass is 10.1. The number of aliphatic carboxylic acids is 1. The van der Waals surface area contributed by atoms with E-state index >= 15 is 0 Å². The highest BCUT2D eigenvalue weighted by Gasteiger charge is 2.34. The van der Waals surface area contributed by atoms with Crippen molar-refractivity contribution in [1.29, 1.82) is 0 Å². The van der Waals surface area contributed by atoms with Gasteiger partial charge in [-0.1, -0.05) is 24.6 Å². The molecule has 18 heavy (non-hydrogen) atoms. The summed E-state index contributed by atoms with van der Waals surface area (Å²) in [4.78, 5) is 13.1. The number of anilines is 1. The molecule has 0 amide bonds. The minimum Gasteiger partial charge on any atom is -0.480 e. The Morgan fingerprint density at radius 3 is 2.44 bits per heavy atom. The summed E-state index contributed by atoms with van der Waals surface area (Å²) >= 11 is 0. The Bertz CT molecular complexity index is 409. The summed E-state index contributed by atoms with van der Waals surface area (Å²) in [6.45, 7) is 4.29. The average molecular weight is 247 g/mol. The van der Waals surface area contributed by atoms with Gasteiger partial charge in [-0.3, -0.25) is 4.79 Å². The molecular formula is C15H21NO2. The van der Waals surface area contributed by atoms with Gasteiger partial charge < -0.3 is 10.0 Å². The van der Waals surface area contributed by atoms with Crippen molar-refractivity contribution in [3.05, 3.63) is 29.8 Å². The first-order valence-electron chi connectivity index (χ1n) is 6.67. The second kappa shape index (κ2) is 5.42. The van der Waals surface area contributed by atoms with E-state index in [0.717, 1.165) is 12.1 Å². The number of carbonyl (C=O) groups is 1. The Labute approximate surface area is 108 Å². The predicted molar refractivity (Wildman–Crippen MR) is 73.0 cm³/mol. The molecule has 1 aliphatic carbocycles. The van der Waals surface area contributed by atoms with Crippen molar-refractivity contribution in [3.63, 3.8) is 0 Å². The molecule has 3 heteroatoms. The quantitative estimate of drug-likeness (QED) is 0.839. The lowest BCUT2D eigenvalue weighted by Crippen LogP contribution is -2.40. The highest BCUT2D eigenvalue weighted by molar-refractivity contribution is 5.74. The molecule has 98 valence electrons. The van der Waals surface area contributed by atoms with E-state index in [1.165, 1.54) is 18.4 Å². The summed E-state index contributed by atoms with van der Waals surface area (Å²) in [6, 6.07) is 8.52. The molecule has 0 bridgehead atoms. The van der Waals surface area contributed by atoms with Crippen LogP contribution in [0.1, 0.15) is 31.7 Å². The number of hydrogen-bond acceptors (Lipinski definition) is 2. The lowest BCUT2D eigenvalue weighted by Gasteiger charge is -2.32. The Morgan fingerprint density at radius 2 is 2.00 bits per heavy atom. The number of carboxylic acids is 1. The summed E-state index contributed by atoms with van der Waals surface area (Å²) < 4.78 is 0. The molecule has 0 radical (unpaired) electrons. The number of hydrogen-bond donors (Lipinski definition) is 1. The van der Waals surface area contributed by atoms with E-state index in [2.05, 4.69) is 11.8 Å². The maximum Gasteiger partial charge on any atom is 0.323 e. The standard InChI is InChI=1S/C15H21NO2/c1-3-14(12-6-7-12)16(10-15(17)18)13-8-4-11(2)5-9-13/h4-5,8-9,12,14H,3,6-7,10H2,1-2H3,(H,17,18). The topological polar surface area (TPSA) is 40.5 Å². The molecule has 1 aliphatic rings. The number of rotatable bonds is 6. The van der Waals surface area contributed by atoms with Crippen molar-refractivity contribution in [2.75, 3.05) is 11.4 Å². The first-order chi connectivity index (χ1) is 8.61. The van der Waals surface area contributed by atoms with Gasteiger partial charge in [0.2, 0.25) is 0 Å². The van der Waals surface area contributed by atoms with Gasteiger partial charge in [-0.25, -0.2) is 0 Å². The summed E-state index contributed by atoms with van der Waals surface area (Å²) in [7, 11) is 0. The van der Waals surface area contributed by atoms with Gasteiger partial charge in [-0.2, -0.15) is 0 Å². The van der Waals surface area contributed by atoms with Gasteiger partial charge in [0.05, 0.1) is 0 Å². The largest absolute Gasteiger partial charge is 0.480 e. The zero-order valence-electron chi connectivity index (χ0n) is 11.1. The third-order valence-corrected chi connectivity index (χ3v) is 3.66. The van der Waals surface area contributed by atoms with Crippen molar-refractivity contribution in [2.45, 2.75) is 39.2 Å². The van der Waals surface area contributed by atoms with Gasteiger partial charge in [-0.15, -0.1) is 0 Å². The van der Waals surface area contributed by atoms with Crippen LogP contribution in [0.4, 0.5) is 5.69 Å². The molecule has 1 unspecified atom stereocenters. The Morgan fingerprint density at radius 1 is 1.39 bits per heavy atom. The van der Waals surface area contributed by atoms with Crippen LogP contribution >= 0.6 is 0 Å². The van der Waals surface area contributed by atoms with Crippen LogP contribution in [-0.2, 0) is 4.79 Å². The predicted octanol–water partition coefficient (Wildman–Crippen LogP) is 3.07. The van der Waals surface area contributed by atoms with Crippen LogP contribution in [0.25, 0.3) is 0 Å².